The molecule has 0 spiro atoms. The van der Waals surface area contributed by atoms with Crippen molar-refractivity contribution in [1.29, 1.82) is 5.26 Å². The molecule has 0 bridgehead atoms. The Hall–Kier alpha value is -3.30. The number of furan rings is 1. The molecule has 2 aromatic carbocycles. The van der Waals surface area contributed by atoms with Gasteiger partial charge in [-0.3, -0.25) is 4.57 Å². The van der Waals surface area contributed by atoms with Crippen LogP contribution in [0.3, 0.4) is 0 Å². The van der Waals surface area contributed by atoms with Crippen molar-refractivity contribution in [2.75, 3.05) is 0 Å². The lowest BCUT2D eigenvalue weighted by molar-refractivity contribution is 0.475. The molecule has 0 N–H and O–H groups in total. The monoisotopic (exact) mass is 414 g/mol. The fourth-order valence-electron chi connectivity index (χ4n) is 3.30. The first-order chi connectivity index (χ1) is 14.7. The van der Waals surface area contributed by atoms with E-state index in [-0.39, 0.29) is 5.92 Å². The van der Waals surface area contributed by atoms with Crippen molar-refractivity contribution in [2.45, 2.75) is 37.2 Å². The van der Waals surface area contributed by atoms with Gasteiger partial charge in [-0.15, -0.1) is 10.2 Å². The first-order valence-corrected chi connectivity index (χ1v) is 10.8. The van der Waals surface area contributed by atoms with Crippen molar-refractivity contribution in [3.63, 3.8) is 0 Å². The smallest absolute Gasteiger partial charge is 0.191 e. The van der Waals surface area contributed by atoms with Crippen LogP contribution >= 0.6 is 11.8 Å². The molecule has 30 heavy (non-hydrogen) atoms. The summed E-state index contributed by atoms with van der Waals surface area (Å²) in [5.74, 6) is 2.91. The number of benzene rings is 2. The molecule has 2 aromatic heterocycles. The number of rotatable bonds is 7. The molecule has 0 amide bonds. The van der Waals surface area contributed by atoms with Crippen molar-refractivity contribution in [3.05, 3.63) is 89.6 Å². The molecular formula is C24H22N4OS. The Bertz CT molecular complexity index is 1150. The van der Waals surface area contributed by atoms with Crippen LogP contribution in [-0.4, -0.2) is 14.8 Å². The average Bonchev–Trinajstić information content (AvgIpc) is 3.43. The van der Waals surface area contributed by atoms with E-state index in [1.807, 2.05) is 36.4 Å². The van der Waals surface area contributed by atoms with E-state index in [2.05, 4.69) is 58.9 Å². The van der Waals surface area contributed by atoms with Gasteiger partial charge in [0, 0.05) is 11.7 Å². The second kappa shape index (κ2) is 9.02. The van der Waals surface area contributed by atoms with Gasteiger partial charge in [0.15, 0.2) is 5.16 Å². The van der Waals surface area contributed by atoms with Crippen molar-refractivity contribution < 1.29 is 4.42 Å². The van der Waals surface area contributed by atoms with Gasteiger partial charge in [-0.25, -0.2) is 0 Å². The first-order valence-electron chi connectivity index (χ1n) is 9.82. The van der Waals surface area contributed by atoms with Crippen molar-refractivity contribution in [2.24, 2.45) is 0 Å². The third-order valence-electron chi connectivity index (χ3n) is 4.84. The van der Waals surface area contributed by atoms with Crippen LogP contribution in [0.15, 0.2) is 76.5 Å². The van der Waals surface area contributed by atoms with Gasteiger partial charge in [0.25, 0.3) is 0 Å². The molecule has 0 saturated carbocycles. The standard InChI is InChI=1S/C24H22N4OS/c1-17(2)23-26-27-24(28(23)15-21-7-5-13-29-21)30-16-18-9-11-19(12-10-18)22-8-4-3-6-20(22)14-25/h3-13,17H,15-16H2,1-2H3. The fraction of sp³-hybridized carbons (Fsp3) is 0.208. The Balaban J connectivity index is 1.50. The van der Waals surface area contributed by atoms with Crippen LogP contribution in [0.25, 0.3) is 11.1 Å². The molecule has 6 heteroatoms. The fourth-order valence-corrected chi connectivity index (χ4v) is 4.20. The van der Waals surface area contributed by atoms with Crippen LogP contribution in [0.1, 0.15) is 42.5 Å². The summed E-state index contributed by atoms with van der Waals surface area (Å²) in [4.78, 5) is 0. The summed E-state index contributed by atoms with van der Waals surface area (Å²) in [6.07, 6.45) is 1.69. The van der Waals surface area contributed by atoms with Gasteiger partial charge in [0.1, 0.15) is 11.6 Å². The van der Waals surface area contributed by atoms with Crippen LogP contribution in [0.5, 0.6) is 0 Å². The van der Waals surface area contributed by atoms with Crippen LogP contribution < -0.4 is 0 Å². The highest BCUT2D eigenvalue weighted by atomic mass is 32.2. The predicted octanol–water partition coefficient (Wildman–Crippen LogP) is 5.87. The summed E-state index contributed by atoms with van der Waals surface area (Å²) in [6.45, 7) is 4.86. The van der Waals surface area contributed by atoms with Crippen LogP contribution in [-0.2, 0) is 12.3 Å². The Labute approximate surface area is 180 Å². The van der Waals surface area contributed by atoms with Crippen LogP contribution in [0.2, 0.25) is 0 Å². The molecule has 150 valence electrons. The maximum atomic E-state index is 9.33. The zero-order valence-corrected chi connectivity index (χ0v) is 17.8. The summed E-state index contributed by atoms with van der Waals surface area (Å²) < 4.78 is 7.66. The van der Waals surface area contributed by atoms with Crippen LogP contribution in [0.4, 0.5) is 0 Å². The minimum absolute atomic E-state index is 0.279. The molecule has 0 atom stereocenters. The van der Waals surface area contributed by atoms with Gasteiger partial charge < -0.3 is 4.42 Å². The summed E-state index contributed by atoms with van der Waals surface area (Å²) in [7, 11) is 0. The van der Waals surface area contributed by atoms with E-state index in [1.54, 1.807) is 18.0 Å². The van der Waals surface area contributed by atoms with E-state index in [4.69, 9.17) is 4.42 Å². The minimum Gasteiger partial charge on any atom is -0.467 e. The van der Waals surface area contributed by atoms with E-state index in [0.29, 0.717) is 12.1 Å². The Kier molecular flexibility index (Phi) is 6.01. The normalized spacial score (nSPS) is 11.0. The van der Waals surface area contributed by atoms with E-state index in [9.17, 15) is 5.26 Å². The average molecular weight is 415 g/mol. The summed E-state index contributed by atoms with van der Waals surface area (Å²) in [5.41, 5.74) is 3.88. The number of nitrogens with zero attached hydrogens (tertiary/aromatic N) is 4. The highest BCUT2D eigenvalue weighted by Crippen LogP contribution is 2.28. The Morgan fingerprint density at radius 2 is 1.83 bits per heavy atom. The number of thioether (sulfide) groups is 1. The van der Waals surface area contributed by atoms with E-state index < -0.39 is 0 Å². The van der Waals surface area contributed by atoms with Gasteiger partial charge >= 0.3 is 0 Å². The van der Waals surface area contributed by atoms with E-state index in [0.717, 1.165) is 33.6 Å². The molecule has 5 nitrogen and oxygen atoms in total. The molecule has 0 aliphatic heterocycles. The summed E-state index contributed by atoms with van der Waals surface area (Å²) >= 11 is 1.66. The third kappa shape index (κ3) is 4.32. The zero-order valence-electron chi connectivity index (χ0n) is 16.9. The lowest BCUT2D eigenvalue weighted by atomic mass is 10.00. The van der Waals surface area contributed by atoms with E-state index in [1.165, 1.54) is 5.56 Å². The molecule has 0 saturated heterocycles. The quantitative estimate of drug-likeness (QED) is 0.354. The minimum atomic E-state index is 0.279. The molecule has 0 unspecified atom stereocenters. The zero-order chi connectivity index (χ0) is 20.9. The van der Waals surface area contributed by atoms with E-state index >= 15 is 0 Å². The third-order valence-corrected chi connectivity index (χ3v) is 5.87. The first kappa shape index (κ1) is 20.0. The molecule has 4 aromatic rings. The van der Waals surface area contributed by atoms with Crippen molar-refractivity contribution >= 4 is 11.8 Å². The maximum absolute atomic E-state index is 9.33. The molecule has 2 heterocycles. The largest absolute Gasteiger partial charge is 0.467 e. The highest BCUT2D eigenvalue weighted by molar-refractivity contribution is 7.98. The summed E-state index contributed by atoms with van der Waals surface area (Å²) in [6, 6.07) is 22.1. The van der Waals surface area contributed by atoms with Crippen LogP contribution in [0, 0.1) is 11.3 Å². The lowest BCUT2D eigenvalue weighted by Crippen LogP contribution is -2.07. The Morgan fingerprint density at radius 3 is 2.53 bits per heavy atom. The van der Waals surface area contributed by atoms with Gasteiger partial charge in [-0.2, -0.15) is 5.26 Å². The molecule has 0 fully saturated rings. The number of hydrogen-bond acceptors (Lipinski definition) is 5. The Morgan fingerprint density at radius 1 is 1.03 bits per heavy atom. The van der Waals surface area contributed by atoms with Gasteiger partial charge in [-0.1, -0.05) is 68.1 Å². The molecular weight excluding hydrogens is 392 g/mol. The maximum Gasteiger partial charge on any atom is 0.191 e. The second-order valence-corrected chi connectivity index (χ2v) is 8.25. The van der Waals surface area contributed by atoms with Gasteiger partial charge in [0.05, 0.1) is 24.4 Å². The highest BCUT2D eigenvalue weighted by Gasteiger charge is 2.16. The number of aromatic nitrogens is 3. The number of hydrogen-bond donors (Lipinski definition) is 0. The van der Waals surface area contributed by atoms with Crippen molar-refractivity contribution in [1.82, 2.24) is 14.8 Å². The molecule has 4 rings (SSSR count). The second-order valence-electron chi connectivity index (χ2n) is 7.30. The van der Waals surface area contributed by atoms with Crippen molar-refractivity contribution in [3.8, 4) is 17.2 Å². The molecule has 0 radical (unpaired) electrons. The van der Waals surface area contributed by atoms with Gasteiger partial charge in [0.2, 0.25) is 0 Å². The lowest BCUT2D eigenvalue weighted by Gasteiger charge is -2.11. The molecule has 0 aliphatic rings. The van der Waals surface area contributed by atoms with Gasteiger partial charge in [-0.05, 0) is 34.9 Å². The summed E-state index contributed by atoms with van der Waals surface area (Å²) in [5, 5.41) is 19.0. The SMILES string of the molecule is CC(C)c1nnc(SCc2ccc(-c3ccccc3C#N)cc2)n1Cc1ccco1. The topological polar surface area (TPSA) is 67.6 Å². The predicted molar refractivity (Wildman–Crippen MR) is 118 cm³/mol. The molecule has 0 aliphatic carbocycles. The number of nitriles is 1.